The van der Waals surface area contributed by atoms with Crippen molar-refractivity contribution >= 4 is 17.9 Å². The number of amides is 3. The third-order valence-corrected chi connectivity index (χ3v) is 3.65. The molecule has 6 nitrogen and oxygen atoms in total. The van der Waals surface area contributed by atoms with E-state index in [9.17, 15) is 14.4 Å². The topological polar surface area (TPSA) is 86.7 Å². The van der Waals surface area contributed by atoms with E-state index in [0.29, 0.717) is 12.8 Å². The number of hydrogen-bond acceptors (Lipinski definition) is 3. The molecule has 1 rings (SSSR count). The van der Waals surface area contributed by atoms with Crippen LogP contribution in [0.3, 0.4) is 0 Å². The standard InChI is InChI=1S/C14H20N2O4/c1-3-8-16(2)13(20)15-11(17)9-14(10-12(18)19)6-4-5-7-14/h1H,4-10H2,2H3,(H,18,19)(H,15,17,20). The maximum absolute atomic E-state index is 11.9. The Morgan fingerprint density at radius 1 is 1.30 bits per heavy atom. The van der Waals surface area contributed by atoms with Gasteiger partial charge in [0.2, 0.25) is 5.91 Å². The van der Waals surface area contributed by atoms with Gasteiger partial charge < -0.3 is 10.0 Å². The fourth-order valence-corrected chi connectivity index (χ4v) is 2.67. The summed E-state index contributed by atoms with van der Waals surface area (Å²) >= 11 is 0. The van der Waals surface area contributed by atoms with Crippen molar-refractivity contribution in [2.24, 2.45) is 5.41 Å². The lowest BCUT2D eigenvalue weighted by molar-refractivity contribution is -0.140. The van der Waals surface area contributed by atoms with Gasteiger partial charge in [0.05, 0.1) is 13.0 Å². The molecule has 0 aromatic carbocycles. The van der Waals surface area contributed by atoms with Crippen LogP contribution < -0.4 is 5.32 Å². The normalized spacial score (nSPS) is 16.2. The first-order valence-corrected chi connectivity index (χ1v) is 6.59. The summed E-state index contributed by atoms with van der Waals surface area (Å²) in [6.07, 6.45) is 8.38. The van der Waals surface area contributed by atoms with Crippen LogP contribution in [-0.2, 0) is 9.59 Å². The molecule has 0 aromatic rings. The minimum absolute atomic E-state index is 0.0329. The lowest BCUT2D eigenvalue weighted by Gasteiger charge is -2.26. The van der Waals surface area contributed by atoms with Crippen molar-refractivity contribution in [3.63, 3.8) is 0 Å². The highest BCUT2D eigenvalue weighted by Gasteiger charge is 2.38. The molecule has 0 aliphatic heterocycles. The first-order chi connectivity index (χ1) is 9.38. The van der Waals surface area contributed by atoms with Crippen molar-refractivity contribution in [1.29, 1.82) is 0 Å². The lowest BCUT2D eigenvalue weighted by Crippen LogP contribution is -2.42. The van der Waals surface area contributed by atoms with Crippen LogP contribution in [0.15, 0.2) is 0 Å². The number of hydrogen-bond donors (Lipinski definition) is 2. The van der Waals surface area contributed by atoms with Crippen molar-refractivity contribution in [1.82, 2.24) is 10.2 Å². The van der Waals surface area contributed by atoms with Gasteiger partial charge in [-0.25, -0.2) is 4.79 Å². The molecular formula is C14H20N2O4. The molecule has 1 saturated carbocycles. The predicted molar refractivity (Wildman–Crippen MR) is 72.8 cm³/mol. The van der Waals surface area contributed by atoms with Gasteiger partial charge in [0.25, 0.3) is 0 Å². The van der Waals surface area contributed by atoms with E-state index in [-0.39, 0.29) is 19.4 Å². The first-order valence-electron chi connectivity index (χ1n) is 6.59. The van der Waals surface area contributed by atoms with Crippen LogP contribution in [0.2, 0.25) is 0 Å². The molecule has 1 aliphatic rings. The molecular weight excluding hydrogens is 260 g/mol. The molecule has 0 radical (unpaired) electrons. The summed E-state index contributed by atoms with van der Waals surface area (Å²) in [5, 5.41) is 11.2. The summed E-state index contributed by atoms with van der Waals surface area (Å²) < 4.78 is 0. The Labute approximate surface area is 118 Å². The second-order valence-electron chi connectivity index (χ2n) is 5.37. The number of carboxylic acids is 1. The predicted octanol–water partition coefficient (Wildman–Crippen LogP) is 1.21. The highest BCUT2D eigenvalue weighted by Crippen LogP contribution is 2.43. The second-order valence-corrected chi connectivity index (χ2v) is 5.37. The molecule has 0 aromatic heterocycles. The maximum atomic E-state index is 11.9. The zero-order chi connectivity index (χ0) is 15.2. The number of carbonyl (C=O) groups is 3. The summed E-state index contributed by atoms with van der Waals surface area (Å²) in [5.74, 6) is 0.955. The van der Waals surface area contributed by atoms with Gasteiger partial charge in [0.15, 0.2) is 0 Å². The molecule has 0 unspecified atom stereocenters. The highest BCUT2D eigenvalue weighted by molar-refractivity contribution is 5.94. The summed E-state index contributed by atoms with van der Waals surface area (Å²) in [7, 11) is 1.49. The van der Waals surface area contributed by atoms with Gasteiger partial charge in [-0.2, -0.15) is 0 Å². The fraction of sp³-hybridized carbons (Fsp3) is 0.643. The van der Waals surface area contributed by atoms with E-state index in [1.54, 1.807) is 0 Å². The van der Waals surface area contributed by atoms with E-state index in [1.807, 2.05) is 0 Å². The van der Waals surface area contributed by atoms with Crippen LogP contribution in [0.1, 0.15) is 38.5 Å². The molecule has 2 N–H and O–H groups in total. The number of terminal acetylenes is 1. The number of imide groups is 1. The number of carbonyl (C=O) groups excluding carboxylic acids is 2. The number of rotatable bonds is 5. The van der Waals surface area contributed by atoms with E-state index in [0.717, 1.165) is 12.8 Å². The molecule has 0 heterocycles. The molecule has 20 heavy (non-hydrogen) atoms. The molecule has 0 atom stereocenters. The van der Waals surface area contributed by atoms with Crippen LogP contribution in [0.4, 0.5) is 4.79 Å². The maximum Gasteiger partial charge on any atom is 0.324 e. The average molecular weight is 280 g/mol. The Balaban J connectivity index is 2.57. The monoisotopic (exact) mass is 280 g/mol. The molecule has 110 valence electrons. The zero-order valence-corrected chi connectivity index (χ0v) is 11.6. The molecule has 1 aliphatic carbocycles. The highest BCUT2D eigenvalue weighted by atomic mass is 16.4. The van der Waals surface area contributed by atoms with E-state index in [2.05, 4.69) is 11.2 Å². The van der Waals surface area contributed by atoms with Crippen molar-refractivity contribution in [3.8, 4) is 12.3 Å². The third kappa shape index (κ3) is 4.57. The van der Waals surface area contributed by atoms with Gasteiger partial charge in [0, 0.05) is 13.5 Å². The minimum Gasteiger partial charge on any atom is -0.481 e. The molecule has 1 fully saturated rings. The average Bonchev–Trinajstić information content (AvgIpc) is 2.76. The molecule has 6 heteroatoms. The number of nitrogens with zero attached hydrogens (tertiary/aromatic N) is 1. The van der Waals surface area contributed by atoms with Crippen molar-refractivity contribution < 1.29 is 19.5 Å². The molecule has 0 spiro atoms. The Morgan fingerprint density at radius 3 is 2.40 bits per heavy atom. The van der Waals surface area contributed by atoms with E-state index >= 15 is 0 Å². The second kappa shape index (κ2) is 6.94. The number of urea groups is 1. The van der Waals surface area contributed by atoms with E-state index in [4.69, 9.17) is 11.5 Å². The van der Waals surface area contributed by atoms with Crippen molar-refractivity contribution in [2.75, 3.05) is 13.6 Å². The lowest BCUT2D eigenvalue weighted by atomic mass is 9.79. The summed E-state index contributed by atoms with van der Waals surface area (Å²) in [4.78, 5) is 35.7. The summed E-state index contributed by atoms with van der Waals surface area (Å²) in [6.45, 7) is 0.110. The van der Waals surface area contributed by atoms with Crippen molar-refractivity contribution in [2.45, 2.75) is 38.5 Å². The third-order valence-electron chi connectivity index (χ3n) is 3.65. The molecule has 0 saturated heterocycles. The quantitative estimate of drug-likeness (QED) is 0.741. The van der Waals surface area contributed by atoms with E-state index < -0.39 is 23.3 Å². The smallest absolute Gasteiger partial charge is 0.324 e. The fourth-order valence-electron chi connectivity index (χ4n) is 2.67. The van der Waals surface area contributed by atoms with Crippen LogP contribution >= 0.6 is 0 Å². The van der Waals surface area contributed by atoms with Gasteiger partial charge >= 0.3 is 12.0 Å². The first kappa shape index (κ1) is 16.0. The van der Waals surface area contributed by atoms with Crippen LogP contribution in [0, 0.1) is 17.8 Å². The van der Waals surface area contributed by atoms with Gasteiger partial charge in [0.1, 0.15) is 0 Å². The van der Waals surface area contributed by atoms with Crippen LogP contribution in [-0.4, -0.2) is 41.5 Å². The van der Waals surface area contributed by atoms with Crippen molar-refractivity contribution in [3.05, 3.63) is 0 Å². The van der Waals surface area contributed by atoms with Gasteiger partial charge in [-0.3, -0.25) is 14.9 Å². The Kier molecular flexibility index (Phi) is 5.56. The number of nitrogens with one attached hydrogen (secondary N) is 1. The SMILES string of the molecule is C#CCN(C)C(=O)NC(=O)CC1(CC(=O)O)CCCC1. The summed E-state index contributed by atoms with van der Waals surface area (Å²) in [5.41, 5.74) is -0.513. The largest absolute Gasteiger partial charge is 0.481 e. The Hall–Kier alpha value is -2.03. The summed E-state index contributed by atoms with van der Waals surface area (Å²) in [6, 6.07) is -0.559. The van der Waals surface area contributed by atoms with Gasteiger partial charge in [-0.1, -0.05) is 18.8 Å². The van der Waals surface area contributed by atoms with Gasteiger partial charge in [-0.15, -0.1) is 6.42 Å². The number of aliphatic carboxylic acids is 1. The minimum atomic E-state index is -0.907. The van der Waals surface area contributed by atoms with E-state index in [1.165, 1.54) is 11.9 Å². The Morgan fingerprint density at radius 2 is 1.90 bits per heavy atom. The molecule has 0 bridgehead atoms. The van der Waals surface area contributed by atoms with Crippen LogP contribution in [0.25, 0.3) is 0 Å². The number of carboxylic acid groups (broad SMARTS) is 1. The Bertz CT molecular complexity index is 433. The van der Waals surface area contributed by atoms with Crippen LogP contribution in [0.5, 0.6) is 0 Å². The van der Waals surface area contributed by atoms with Gasteiger partial charge in [-0.05, 0) is 18.3 Å². The molecule has 3 amide bonds. The zero-order valence-electron chi connectivity index (χ0n) is 11.6.